The van der Waals surface area contributed by atoms with E-state index in [2.05, 4.69) is 15.4 Å². The molecule has 0 bridgehead atoms. The van der Waals surface area contributed by atoms with Gasteiger partial charge in [-0.25, -0.2) is 10.4 Å². The number of aromatic nitrogens is 3. The summed E-state index contributed by atoms with van der Waals surface area (Å²) in [5.41, 5.74) is 2.75. The first kappa shape index (κ1) is 11.6. The highest BCUT2D eigenvalue weighted by atomic mass is 16.2. The highest BCUT2D eigenvalue weighted by Crippen LogP contribution is 2.29. The van der Waals surface area contributed by atoms with Crippen molar-refractivity contribution in [1.82, 2.24) is 20.0 Å². The van der Waals surface area contributed by atoms with Gasteiger partial charge in [0.15, 0.2) is 5.65 Å². The van der Waals surface area contributed by atoms with E-state index in [-0.39, 0.29) is 23.5 Å². The van der Waals surface area contributed by atoms with E-state index in [0.717, 1.165) is 12.8 Å². The van der Waals surface area contributed by atoms with Gasteiger partial charge in [-0.2, -0.15) is 4.98 Å². The van der Waals surface area contributed by atoms with E-state index in [1.807, 2.05) is 5.43 Å². The standard InChI is InChI=1S/C11H12N6O2/c12-15-10(19)7-2-1-3-8-13-11(16-17(7)8)14-9(18)6-4-5-6/h1-3,6H,4-5,12H2,(H,15,19)(H,14,16,18). The summed E-state index contributed by atoms with van der Waals surface area (Å²) in [7, 11) is 0. The molecule has 0 spiro atoms. The van der Waals surface area contributed by atoms with Crippen LogP contribution in [0.2, 0.25) is 0 Å². The van der Waals surface area contributed by atoms with Crippen molar-refractivity contribution in [3.63, 3.8) is 0 Å². The Morgan fingerprint density at radius 3 is 2.84 bits per heavy atom. The Balaban J connectivity index is 1.95. The number of hydrazine groups is 1. The van der Waals surface area contributed by atoms with Gasteiger partial charge in [0.25, 0.3) is 5.91 Å². The second kappa shape index (κ2) is 4.32. The number of rotatable bonds is 3. The van der Waals surface area contributed by atoms with Crippen LogP contribution in [0.5, 0.6) is 0 Å². The fourth-order valence-corrected chi connectivity index (χ4v) is 1.76. The van der Waals surface area contributed by atoms with Crippen LogP contribution < -0.4 is 16.6 Å². The summed E-state index contributed by atoms with van der Waals surface area (Å²) < 4.78 is 1.34. The average Bonchev–Trinajstić information content (AvgIpc) is 3.18. The Labute approximate surface area is 108 Å². The lowest BCUT2D eigenvalue weighted by Gasteiger charge is -2.00. The second-order valence-corrected chi connectivity index (χ2v) is 4.35. The molecule has 19 heavy (non-hydrogen) atoms. The lowest BCUT2D eigenvalue weighted by Crippen LogP contribution is -2.31. The first-order valence-electron chi connectivity index (χ1n) is 5.86. The van der Waals surface area contributed by atoms with Gasteiger partial charge in [-0.15, -0.1) is 5.10 Å². The summed E-state index contributed by atoms with van der Waals surface area (Å²) in [6.45, 7) is 0. The number of hydrogen-bond acceptors (Lipinski definition) is 5. The maximum absolute atomic E-state index is 11.6. The highest BCUT2D eigenvalue weighted by Gasteiger charge is 2.30. The number of amides is 2. The molecule has 98 valence electrons. The van der Waals surface area contributed by atoms with E-state index >= 15 is 0 Å². The minimum Gasteiger partial charge on any atom is -0.293 e. The molecule has 4 N–H and O–H groups in total. The molecule has 8 nitrogen and oxygen atoms in total. The zero-order chi connectivity index (χ0) is 13.4. The Hall–Kier alpha value is -2.48. The van der Waals surface area contributed by atoms with E-state index in [0.29, 0.717) is 5.65 Å². The van der Waals surface area contributed by atoms with Crippen molar-refractivity contribution < 1.29 is 9.59 Å². The average molecular weight is 260 g/mol. The summed E-state index contributed by atoms with van der Waals surface area (Å²) in [5.74, 6) is 4.80. The maximum atomic E-state index is 11.6. The third-order valence-electron chi connectivity index (χ3n) is 2.91. The Bertz CT molecular complexity index is 660. The summed E-state index contributed by atoms with van der Waals surface area (Å²) in [5, 5.41) is 6.72. The molecule has 0 atom stereocenters. The van der Waals surface area contributed by atoms with Crippen LogP contribution in [0.4, 0.5) is 5.95 Å². The minimum absolute atomic E-state index is 0.0680. The number of nitrogens with one attached hydrogen (secondary N) is 2. The molecule has 1 aliphatic carbocycles. The minimum atomic E-state index is -0.476. The molecule has 0 aliphatic heterocycles. The van der Waals surface area contributed by atoms with Crippen LogP contribution in [0.25, 0.3) is 5.65 Å². The molecule has 0 saturated heterocycles. The van der Waals surface area contributed by atoms with Gasteiger partial charge < -0.3 is 0 Å². The molecule has 3 rings (SSSR count). The quantitative estimate of drug-likeness (QED) is 0.397. The number of nitrogens with two attached hydrogens (primary N) is 1. The van der Waals surface area contributed by atoms with Gasteiger partial charge in [0.05, 0.1) is 0 Å². The maximum Gasteiger partial charge on any atom is 0.283 e. The van der Waals surface area contributed by atoms with Crippen LogP contribution in [0.3, 0.4) is 0 Å². The summed E-state index contributed by atoms with van der Waals surface area (Å²) in [4.78, 5) is 27.3. The van der Waals surface area contributed by atoms with Gasteiger partial charge in [-0.1, -0.05) is 6.07 Å². The van der Waals surface area contributed by atoms with E-state index in [9.17, 15) is 9.59 Å². The lowest BCUT2D eigenvalue weighted by molar-refractivity contribution is -0.117. The lowest BCUT2D eigenvalue weighted by atomic mass is 10.3. The zero-order valence-electron chi connectivity index (χ0n) is 9.96. The first-order valence-corrected chi connectivity index (χ1v) is 5.86. The molecule has 2 heterocycles. The number of nitrogen functional groups attached to an aromatic ring is 1. The van der Waals surface area contributed by atoms with Crippen molar-refractivity contribution in [2.75, 3.05) is 5.32 Å². The molecular weight excluding hydrogens is 248 g/mol. The number of carbonyl (C=O) groups is 2. The van der Waals surface area contributed by atoms with Crippen LogP contribution >= 0.6 is 0 Å². The third kappa shape index (κ3) is 2.13. The normalized spacial score (nSPS) is 14.4. The van der Waals surface area contributed by atoms with Crippen molar-refractivity contribution in [2.45, 2.75) is 12.8 Å². The van der Waals surface area contributed by atoms with Crippen molar-refractivity contribution in [1.29, 1.82) is 0 Å². The fraction of sp³-hybridized carbons (Fsp3) is 0.273. The second-order valence-electron chi connectivity index (χ2n) is 4.35. The Kier molecular flexibility index (Phi) is 2.64. The van der Waals surface area contributed by atoms with Crippen molar-refractivity contribution in [3.05, 3.63) is 23.9 Å². The number of pyridine rings is 1. The van der Waals surface area contributed by atoms with Gasteiger partial charge in [0.1, 0.15) is 5.69 Å². The third-order valence-corrected chi connectivity index (χ3v) is 2.91. The monoisotopic (exact) mass is 260 g/mol. The number of nitrogens with zero attached hydrogens (tertiary/aromatic N) is 3. The predicted molar refractivity (Wildman–Crippen MR) is 66.0 cm³/mol. The number of anilines is 1. The first-order chi connectivity index (χ1) is 9.19. The highest BCUT2D eigenvalue weighted by molar-refractivity contribution is 5.94. The molecule has 2 aromatic heterocycles. The SMILES string of the molecule is NNC(=O)c1cccc2nc(NC(=O)C3CC3)nn12. The molecule has 0 radical (unpaired) electrons. The smallest absolute Gasteiger partial charge is 0.283 e. The summed E-state index contributed by atoms with van der Waals surface area (Å²) >= 11 is 0. The zero-order valence-corrected chi connectivity index (χ0v) is 9.96. The van der Waals surface area contributed by atoms with Gasteiger partial charge in [-0.3, -0.25) is 20.3 Å². The molecule has 2 aromatic rings. The molecular formula is C11H12N6O2. The molecule has 1 saturated carbocycles. The number of carbonyl (C=O) groups excluding carboxylic acids is 2. The Morgan fingerprint density at radius 2 is 2.16 bits per heavy atom. The van der Waals surface area contributed by atoms with E-state index < -0.39 is 5.91 Å². The predicted octanol–water partition coefficient (Wildman–Crippen LogP) is -0.319. The van der Waals surface area contributed by atoms with Gasteiger partial charge >= 0.3 is 0 Å². The van der Waals surface area contributed by atoms with E-state index in [1.165, 1.54) is 4.52 Å². The van der Waals surface area contributed by atoms with Crippen molar-refractivity contribution in [3.8, 4) is 0 Å². The van der Waals surface area contributed by atoms with Crippen LogP contribution in [0.15, 0.2) is 18.2 Å². The molecule has 2 amide bonds. The largest absolute Gasteiger partial charge is 0.293 e. The molecule has 1 aliphatic rings. The fourth-order valence-electron chi connectivity index (χ4n) is 1.76. The van der Waals surface area contributed by atoms with E-state index in [1.54, 1.807) is 18.2 Å². The van der Waals surface area contributed by atoms with Crippen molar-refractivity contribution >= 4 is 23.4 Å². The van der Waals surface area contributed by atoms with E-state index in [4.69, 9.17) is 5.84 Å². The molecule has 8 heteroatoms. The van der Waals surface area contributed by atoms with Crippen LogP contribution in [-0.4, -0.2) is 26.4 Å². The van der Waals surface area contributed by atoms with Gasteiger partial charge in [0.2, 0.25) is 11.9 Å². The molecule has 0 aromatic carbocycles. The topological polar surface area (TPSA) is 114 Å². The van der Waals surface area contributed by atoms with Crippen LogP contribution in [0, 0.1) is 5.92 Å². The van der Waals surface area contributed by atoms with Crippen molar-refractivity contribution in [2.24, 2.45) is 11.8 Å². The molecule has 0 unspecified atom stereocenters. The summed E-state index contributed by atoms with van der Waals surface area (Å²) in [6.07, 6.45) is 1.81. The molecule has 1 fully saturated rings. The van der Waals surface area contributed by atoms with Gasteiger partial charge in [-0.05, 0) is 25.0 Å². The van der Waals surface area contributed by atoms with Crippen LogP contribution in [-0.2, 0) is 4.79 Å². The number of fused-ring (bicyclic) bond motifs is 1. The van der Waals surface area contributed by atoms with Gasteiger partial charge in [0, 0.05) is 5.92 Å². The summed E-state index contributed by atoms with van der Waals surface area (Å²) in [6, 6.07) is 4.92. The Morgan fingerprint density at radius 1 is 1.37 bits per heavy atom. The number of hydrogen-bond donors (Lipinski definition) is 3. The van der Waals surface area contributed by atoms with Crippen LogP contribution in [0.1, 0.15) is 23.3 Å².